The first-order valence-corrected chi connectivity index (χ1v) is 26.5. The molecule has 0 rings (SSSR count). The van der Waals surface area contributed by atoms with Gasteiger partial charge in [0.2, 0.25) is 0 Å². The van der Waals surface area contributed by atoms with E-state index >= 15 is 0 Å². The van der Waals surface area contributed by atoms with Crippen molar-refractivity contribution in [3.05, 3.63) is 36.5 Å². The van der Waals surface area contributed by atoms with Crippen LogP contribution in [0.1, 0.15) is 278 Å². The second-order valence-electron chi connectivity index (χ2n) is 17.8. The molecule has 0 aliphatic carbocycles. The van der Waals surface area contributed by atoms with E-state index in [9.17, 15) is 14.4 Å². The topological polar surface area (TPSA) is 78.9 Å². The van der Waals surface area contributed by atoms with Gasteiger partial charge in [-0.3, -0.25) is 14.4 Å². The van der Waals surface area contributed by atoms with Gasteiger partial charge in [0, 0.05) is 19.3 Å². The Hall–Kier alpha value is -2.37. The summed E-state index contributed by atoms with van der Waals surface area (Å²) in [5.74, 6) is -0.874. The standard InChI is InChI=1S/C55H100O6/c1-4-7-10-13-16-19-22-24-25-26-27-28-29-31-33-36-39-42-45-48-54(57)60-51-52(50-59-53(56)47-44-41-38-35-32-21-18-15-12-9-6-3)61-55(58)49-46-43-40-37-34-30-23-20-17-14-11-8-5-2/h16,19,24-25,27-28,52H,4-15,17-18,20-23,26,29-51H2,1-3H3/b19-16-,25-24-,28-27-/t52-/m1/s1. The average Bonchev–Trinajstić information content (AvgIpc) is 3.26. The highest BCUT2D eigenvalue weighted by molar-refractivity contribution is 5.71. The fourth-order valence-electron chi connectivity index (χ4n) is 7.63. The molecule has 61 heavy (non-hydrogen) atoms. The van der Waals surface area contributed by atoms with Crippen molar-refractivity contribution in [2.45, 2.75) is 284 Å². The van der Waals surface area contributed by atoms with Crippen LogP contribution in [-0.4, -0.2) is 37.2 Å². The van der Waals surface area contributed by atoms with Crippen molar-refractivity contribution < 1.29 is 28.6 Å². The average molecular weight is 857 g/mol. The van der Waals surface area contributed by atoms with Crippen molar-refractivity contribution in [1.29, 1.82) is 0 Å². The number of ether oxygens (including phenoxy) is 3. The van der Waals surface area contributed by atoms with Crippen LogP contribution in [0.2, 0.25) is 0 Å². The summed E-state index contributed by atoms with van der Waals surface area (Å²) in [6.45, 7) is 6.61. The lowest BCUT2D eigenvalue weighted by Crippen LogP contribution is -2.30. The minimum Gasteiger partial charge on any atom is -0.462 e. The van der Waals surface area contributed by atoms with Crippen LogP contribution in [0.25, 0.3) is 0 Å². The summed E-state index contributed by atoms with van der Waals surface area (Å²) >= 11 is 0. The van der Waals surface area contributed by atoms with E-state index in [1.165, 1.54) is 161 Å². The monoisotopic (exact) mass is 857 g/mol. The molecule has 0 saturated carbocycles. The molecule has 6 nitrogen and oxygen atoms in total. The Labute approximate surface area is 378 Å². The zero-order chi connectivity index (χ0) is 44.4. The van der Waals surface area contributed by atoms with Gasteiger partial charge in [-0.15, -0.1) is 0 Å². The predicted molar refractivity (Wildman–Crippen MR) is 261 cm³/mol. The van der Waals surface area contributed by atoms with E-state index < -0.39 is 6.10 Å². The Balaban J connectivity index is 4.33. The van der Waals surface area contributed by atoms with E-state index in [-0.39, 0.29) is 31.1 Å². The molecule has 1 atom stereocenters. The molecule has 0 bridgehead atoms. The smallest absolute Gasteiger partial charge is 0.306 e. The number of carbonyl (C=O) groups excluding carboxylic acids is 3. The van der Waals surface area contributed by atoms with Gasteiger partial charge < -0.3 is 14.2 Å². The Morgan fingerprint density at radius 2 is 0.590 bits per heavy atom. The van der Waals surface area contributed by atoms with Crippen LogP contribution >= 0.6 is 0 Å². The van der Waals surface area contributed by atoms with Crippen molar-refractivity contribution in [3.63, 3.8) is 0 Å². The van der Waals surface area contributed by atoms with Gasteiger partial charge in [-0.1, -0.05) is 237 Å². The third-order valence-corrected chi connectivity index (χ3v) is 11.6. The summed E-state index contributed by atoms with van der Waals surface area (Å²) < 4.78 is 16.8. The van der Waals surface area contributed by atoms with Gasteiger partial charge >= 0.3 is 17.9 Å². The SMILES string of the molecule is CCCCC/C=C\C/C=C\C/C=C\CCCCCCCCC(=O)OC[C@@H](COC(=O)CCCCCCCCCCCCC)OC(=O)CCCCCCCCCCCCCCC. The number of unbranched alkanes of at least 4 members (excludes halogenated alkanes) is 31. The molecule has 0 N–H and O–H groups in total. The lowest BCUT2D eigenvalue weighted by Gasteiger charge is -2.18. The number of esters is 3. The highest BCUT2D eigenvalue weighted by Crippen LogP contribution is 2.16. The lowest BCUT2D eigenvalue weighted by atomic mass is 10.0. The number of carbonyl (C=O) groups is 3. The van der Waals surface area contributed by atoms with E-state index in [0.29, 0.717) is 19.3 Å². The molecular weight excluding hydrogens is 757 g/mol. The first kappa shape index (κ1) is 58.6. The van der Waals surface area contributed by atoms with Crippen molar-refractivity contribution in [1.82, 2.24) is 0 Å². The first-order chi connectivity index (χ1) is 30.0. The zero-order valence-electron chi connectivity index (χ0n) is 40.7. The van der Waals surface area contributed by atoms with Crippen molar-refractivity contribution in [3.8, 4) is 0 Å². The highest BCUT2D eigenvalue weighted by atomic mass is 16.6. The molecule has 356 valence electrons. The second kappa shape index (κ2) is 50.3. The molecular formula is C55H100O6. The predicted octanol–water partition coefficient (Wildman–Crippen LogP) is 17.3. The summed E-state index contributed by atoms with van der Waals surface area (Å²) in [7, 11) is 0. The van der Waals surface area contributed by atoms with Gasteiger partial charge in [0.25, 0.3) is 0 Å². The number of hydrogen-bond acceptors (Lipinski definition) is 6. The number of rotatable bonds is 48. The Morgan fingerprint density at radius 1 is 0.328 bits per heavy atom. The van der Waals surface area contributed by atoms with Gasteiger partial charge in [0.15, 0.2) is 6.10 Å². The molecule has 0 aromatic carbocycles. The van der Waals surface area contributed by atoms with E-state index in [4.69, 9.17) is 14.2 Å². The van der Waals surface area contributed by atoms with Crippen LogP contribution in [0.5, 0.6) is 0 Å². The van der Waals surface area contributed by atoms with E-state index in [0.717, 1.165) is 77.0 Å². The molecule has 0 heterocycles. The van der Waals surface area contributed by atoms with Crippen LogP contribution in [0.3, 0.4) is 0 Å². The molecule has 0 radical (unpaired) electrons. The van der Waals surface area contributed by atoms with Crippen LogP contribution in [-0.2, 0) is 28.6 Å². The van der Waals surface area contributed by atoms with Gasteiger partial charge in [-0.2, -0.15) is 0 Å². The molecule has 0 amide bonds. The van der Waals surface area contributed by atoms with E-state index in [2.05, 4.69) is 57.2 Å². The van der Waals surface area contributed by atoms with Crippen LogP contribution < -0.4 is 0 Å². The number of allylic oxidation sites excluding steroid dienone is 6. The normalized spacial score (nSPS) is 12.2. The molecule has 0 unspecified atom stereocenters. The lowest BCUT2D eigenvalue weighted by molar-refractivity contribution is -0.167. The molecule has 0 aliphatic heterocycles. The molecule has 0 saturated heterocycles. The quantitative estimate of drug-likeness (QED) is 0.0262. The maximum absolute atomic E-state index is 12.8. The Morgan fingerprint density at radius 3 is 0.951 bits per heavy atom. The van der Waals surface area contributed by atoms with Gasteiger partial charge in [-0.05, 0) is 57.8 Å². The maximum atomic E-state index is 12.8. The molecule has 0 fully saturated rings. The zero-order valence-corrected chi connectivity index (χ0v) is 40.7. The minimum absolute atomic E-state index is 0.0722. The van der Waals surface area contributed by atoms with E-state index in [1.807, 2.05) is 0 Å². The van der Waals surface area contributed by atoms with Gasteiger partial charge in [0.1, 0.15) is 13.2 Å². The Kier molecular flexibility index (Phi) is 48.3. The summed E-state index contributed by atoms with van der Waals surface area (Å²) in [6, 6.07) is 0. The molecule has 0 aliphatic rings. The Bertz CT molecular complexity index is 1030. The highest BCUT2D eigenvalue weighted by Gasteiger charge is 2.19. The summed E-state index contributed by atoms with van der Waals surface area (Å²) in [5.41, 5.74) is 0. The third-order valence-electron chi connectivity index (χ3n) is 11.6. The van der Waals surface area contributed by atoms with Crippen LogP contribution in [0.15, 0.2) is 36.5 Å². The van der Waals surface area contributed by atoms with E-state index in [1.54, 1.807) is 0 Å². The minimum atomic E-state index is -0.771. The van der Waals surface area contributed by atoms with Crippen molar-refractivity contribution in [2.24, 2.45) is 0 Å². The summed E-state index contributed by atoms with van der Waals surface area (Å²) in [4.78, 5) is 37.9. The number of hydrogen-bond donors (Lipinski definition) is 0. The first-order valence-electron chi connectivity index (χ1n) is 26.5. The van der Waals surface area contributed by atoms with Crippen molar-refractivity contribution in [2.75, 3.05) is 13.2 Å². The summed E-state index contributed by atoms with van der Waals surface area (Å²) in [6.07, 6.45) is 58.4. The van der Waals surface area contributed by atoms with Crippen molar-refractivity contribution >= 4 is 17.9 Å². The largest absolute Gasteiger partial charge is 0.462 e. The van der Waals surface area contributed by atoms with Crippen LogP contribution in [0.4, 0.5) is 0 Å². The molecule has 6 heteroatoms. The molecule has 0 aromatic heterocycles. The van der Waals surface area contributed by atoms with Gasteiger partial charge in [0.05, 0.1) is 0 Å². The fourth-order valence-corrected chi connectivity index (χ4v) is 7.63. The molecule has 0 spiro atoms. The maximum Gasteiger partial charge on any atom is 0.306 e. The third kappa shape index (κ3) is 48.5. The second-order valence-corrected chi connectivity index (χ2v) is 17.8. The van der Waals surface area contributed by atoms with Gasteiger partial charge in [-0.25, -0.2) is 0 Å². The molecule has 0 aromatic rings. The fraction of sp³-hybridized carbons (Fsp3) is 0.836. The summed E-state index contributed by atoms with van der Waals surface area (Å²) in [5, 5.41) is 0. The van der Waals surface area contributed by atoms with Crippen LogP contribution in [0, 0.1) is 0 Å².